The number of hydrogen-bond donors (Lipinski definition) is 0. The Balaban J connectivity index is 1.31. The number of benzene rings is 7. The fourth-order valence-corrected chi connectivity index (χ4v) is 9.17. The lowest BCUT2D eigenvalue weighted by molar-refractivity contribution is 0.669. The fraction of sp³-hybridized carbons (Fsp3) is 0. The first kappa shape index (κ1) is 26.1. The molecule has 0 amide bonds. The SMILES string of the molecule is c1ccc(-c2nc3cc4c(oc5ccccc54)c4c3n2-c2cccc3c2B4c2c4c(cc5nc(-c6ccccc6)n-3c25)oc2ccccc24)cc1. The van der Waals surface area contributed by atoms with Crippen molar-refractivity contribution in [1.29, 1.82) is 0 Å². The minimum absolute atomic E-state index is 0.184. The lowest BCUT2D eigenvalue weighted by atomic mass is 9.33. The largest absolute Gasteiger partial charge is 0.457 e. The molecule has 0 unspecified atom stereocenters. The molecule has 0 N–H and O–H groups in total. The van der Waals surface area contributed by atoms with Crippen molar-refractivity contribution in [1.82, 2.24) is 19.1 Å². The number of fused-ring (bicyclic) bond motifs is 12. The van der Waals surface area contributed by atoms with Gasteiger partial charge in [0.05, 0.1) is 22.1 Å². The molecule has 2 aliphatic heterocycles. The molecule has 4 aromatic heterocycles. The summed E-state index contributed by atoms with van der Waals surface area (Å²) in [6, 6.07) is 48.8. The average molecular weight is 651 g/mol. The van der Waals surface area contributed by atoms with Gasteiger partial charge in [-0.15, -0.1) is 0 Å². The van der Waals surface area contributed by atoms with Crippen molar-refractivity contribution in [3.8, 4) is 34.2 Å². The zero-order valence-corrected chi connectivity index (χ0v) is 27.0. The molecule has 0 fully saturated rings. The van der Waals surface area contributed by atoms with Gasteiger partial charge in [-0.2, -0.15) is 0 Å². The first-order valence-electron chi connectivity index (χ1n) is 17.3. The van der Waals surface area contributed by atoms with Gasteiger partial charge in [-0.25, -0.2) is 9.97 Å². The van der Waals surface area contributed by atoms with E-state index in [0.29, 0.717) is 0 Å². The van der Waals surface area contributed by atoms with Crippen LogP contribution in [-0.4, -0.2) is 25.8 Å². The van der Waals surface area contributed by atoms with Crippen LogP contribution < -0.4 is 16.4 Å². The van der Waals surface area contributed by atoms with Crippen molar-refractivity contribution in [2.45, 2.75) is 0 Å². The van der Waals surface area contributed by atoms with Gasteiger partial charge in [0.15, 0.2) is 0 Å². The molecule has 0 bridgehead atoms. The Hall–Kier alpha value is -6.86. The number of rotatable bonds is 2. The normalized spacial score (nSPS) is 13.1. The maximum absolute atomic E-state index is 6.95. The molecule has 0 atom stereocenters. The van der Waals surface area contributed by atoms with Crippen LogP contribution >= 0.6 is 0 Å². The Morgan fingerprint density at radius 1 is 0.451 bits per heavy atom. The summed E-state index contributed by atoms with van der Waals surface area (Å²) in [4.78, 5) is 10.8. The third-order valence-corrected chi connectivity index (χ3v) is 11.1. The molecule has 51 heavy (non-hydrogen) atoms. The predicted octanol–water partition coefficient (Wildman–Crippen LogP) is 8.64. The van der Waals surface area contributed by atoms with Crippen molar-refractivity contribution in [3.05, 3.63) is 140 Å². The van der Waals surface area contributed by atoms with Crippen LogP contribution in [0.4, 0.5) is 0 Å². The third kappa shape index (κ3) is 3.11. The molecule has 0 aliphatic carbocycles. The zero-order valence-electron chi connectivity index (χ0n) is 27.0. The van der Waals surface area contributed by atoms with E-state index < -0.39 is 0 Å². The quantitative estimate of drug-likeness (QED) is 0.176. The van der Waals surface area contributed by atoms with Gasteiger partial charge in [-0.1, -0.05) is 103 Å². The van der Waals surface area contributed by atoms with E-state index in [4.69, 9.17) is 18.8 Å². The van der Waals surface area contributed by atoms with E-state index in [0.717, 1.165) is 106 Å². The molecule has 7 aromatic carbocycles. The lowest BCUT2D eigenvalue weighted by Crippen LogP contribution is -2.59. The summed E-state index contributed by atoms with van der Waals surface area (Å²) in [5, 5.41) is 4.37. The maximum Gasteiger partial charge on any atom is 0.258 e. The second-order valence-electron chi connectivity index (χ2n) is 13.7. The van der Waals surface area contributed by atoms with Crippen molar-refractivity contribution in [3.63, 3.8) is 0 Å². The van der Waals surface area contributed by atoms with Crippen LogP contribution in [0.3, 0.4) is 0 Å². The second-order valence-corrected chi connectivity index (χ2v) is 13.7. The van der Waals surface area contributed by atoms with Gasteiger partial charge in [-0.3, -0.25) is 9.13 Å². The molecule has 11 aromatic rings. The summed E-state index contributed by atoms with van der Waals surface area (Å²) < 4.78 is 18.4. The van der Waals surface area contributed by atoms with Gasteiger partial charge in [0.2, 0.25) is 0 Å². The molecule has 0 radical (unpaired) electrons. The van der Waals surface area contributed by atoms with Crippen LogP contribution in [0, 0.1) is 0 Å². The van der Waals surface area contributed by atoms with Crippen molar-refractivity contribution in [2.24, 2.45) is 0 Å². The molecule has 0 saturated heterocycles. The fourth-order valence-electron chi connectivity index (χ4n) is 9.17. The minimum Gasteiger partial charge on any atom is -0.457 e. The lowest BCUT2D eigenvalue weighted by Gasteiger charge is -2.33. The van der Waals surface area contributed by atoms with E-state index in [-0.39, 0.29) is 6.71 Å². The van der Waals surface area contributed by atoms with Crippen LogP contribution in [0.25, 0.3) is 100 Å². The van der Waals surface area contributed by atoms with Gasteiger partial charge in [0.1, 0.15) is 34.0 Å². The predicted molar refractivity (Wildman–Crippen MR) is 206 cm³/mol. The molecule has 13 rings (SSSR count). The minimum atomic E-state index is -0.184. The van der Waals surface area contributed by atoms with E-state index in [9.17, 15) is 0 Å². The van der Waals surface area contributed by atoms with Gasteiger partial charge >= 0.3 is 0 Å². The molecular formula is C44H23BN4O2. The van der Waals surface area contributed by atoms with Crippen molar-refractivity contribution < 1.29 is 8.83 Å². The van der Waals surface area contributed by atoms with Gasteiger partial charge in [0.25, 0.3) is 6.71 Å². The van der Waals surface area contributed by atoms with Crippen LogP contribution in [0.5, 0.6) is 0 Å². The van der Waals surface area contributed by atoms with E-state index in [1.807, 2.05) is 12.1 Å². The summed E-state index contributed by atoms with van der Waals surface area (Å²) in [6.45, 7) is -0.184. The van der Waals surface area contributed by atoms with Gasteiger partial charge < -0.3 is 8.83 Å². The number of aromatic nitrogens is 4. The highest BCUT2D eigenvalue weighted by Gasteiger charge is 2.45. The number of nitrogens with zero attached hydrogens (tertiary/aromatic N) is 4. The Morgan fingerprint density at radius 3 is 1.71 bits per heavy atom. The smallest absolute Gasteiger partial charge is 0.258 e. The number of imidazole rings is 2. The third-order valence-electron chi connectivity index (χ3n) is 11.1. The average Bonchev–Trinajstić information content (AvgIpc) is 3.96. The first-order chi connectivity index (χ1) is 25.3. The number of hydrogen-bond acceptors (Lipinski definition) is 4. The monoisotopic (exact) mass is 650 g/mol. The van der Waals surface area contributed by atoms with Crippen molar-refractivity contribution in [2.75, 3.05) is 0 Å². The molecule has 6 nitrogen and oxygen atoms in total. The summed E-state index contributed by atoms with van der Waals surface area (Å²) in [6.07, 6.45) is 0. The molecule has 234 valence electrons. The van der Waals surface area contributed by atoms with Crippen LogP contribution in [-0.2, 0) is 0 Å². The maximum atomic E-state index is 6.95. The number of para-hydroxylation sites is 2. The molecule has 2 aliphatic rings. The highest BCUT2D eigenvalue weighted by atomic mass is 16.3. The van der Waals surface area contributed by atoms with Crippen LogP contribution in [0.2, 0.25) is 0 Å². The summed E-state index contributed by atoms with van der Waals surface area (Å²) in [7, 11) is 0. The standard InChI is InChI=1S/C44H23BN4O2/c1-3-12-24(13-4-1)43-46-29-22-28-26-16-7-9-20-33(26)51-42(28)39-41(29)49(43)32-19-11-18-31-37(32)45(39)38-36-27-17-8-10-21-34(27)50-35(36)23-30-40(38)48(31)44(47-30)25-14-5-2-6-15-25/h1-23H. The summed E-state index contributed by atoms with van der Waals surface area (Å²) in [5.74, 6) is 1.81. The zero-order chi connectivity index (χ0) is 32.9. The van der Waals surface area contributed by atoms with Crippen molar-refractivity contribution >= 4 is 89.0 Å². The number of furan rings is 2. The Labute approximate surface area is 289 Å². The second kappa shape index (κ2) is 9.03. The van der Waals surface area contributed by atoms with Gasteiger partial charge in [0, 0.05) is 50.1 Å². The molecule has 0 spiro atoms. The molecule has 6 heterocycles. The van der Waals surface area contributed by atoms with E-state index in [2.05, 4.69) is 137 Å². The van der Waals surface area contributed by atoms with Crippen LogP contribution in [0.15, 0.2) is 148 Å². The highest BCUT2D eigenvalue weighted by Crippen LogP contribution is 2.42. The Morgan fingerprint density at radius 2 is 1.02 bits per heavy atom. The first-order valence-corrected chi connectivity index (χ1v) is 17.3. The molecular weight excluding hydrogens is 627 g/mol. The van der Waals surface area contributed by atoms with E-state index in [1.54, 1.807) is 0 Å². The summed E-state index contributed by atoms with van der Waals surface area (Å²) >= 11 is 0. The summed E-state index contributed by atoms with van der Waals surface area (Å²) in [5.41, 5.74) is 15.3. The topological polar surface area (TPSA) is 61.9 Å². The van der Waals surface area contributed by atoms with Gasteiger partial charge in [-0.05, 0) is 46.7 Å². The van der Waals surface area contributed by atoms with Crippen LogP contribution in [0.1, 0.15) is 0 Å². The molecule has 0 saturated carbocycles. The molecule has 7 heteroatoms. The Bertz CT molecular complexity index is 3310. The van der Waals surface area contributed by atoms with E-state index in [1.165, 1.54) is 10.9 Å². The Kier molecular flexibility index (Phi) is 4.61. The van der Waals surface area contributed by atoms with E-state index >= 15 is 0 Å². The highest BCUT2D eigenvalue weighted by molar-refractivity contribution is 7.03.